The van der Waals surface area contributed by atoms with Gasteiger partial charge in [-0.3, -0.25) is 0 Å². The van der Waals surface area contributed by atoms with Gasteiger partial charge in [0.2, 0.25) is 0 Å². The minimum Gasteiger partial charge on any atom is -0.136 e. The van der Waals surface area contributed by atoms with E-state index in [9.17, 15) is 0 Å². The highest BCUT2D eigenvalue weighted by Crippen LogP contribution is 2.25. The molecule has 0 aliphatic rings. The fourth-order valence-corrected chi connectivity index (χ4v) is 8.55. The molecule has 0 radical (unpaired) electrons. The largest absolute Gasteiger partial charge is 0.136 e. The topological polar surface area (TPSA) is 0 Å². The molecule has 0 aliphatic carbocycles. The molecule has 0 fully saturated rings. The summed E-state index contributed by atoms with van der Waals surface area (Å²) in [6, 6.07) is 25.0. The van der Waals surface area contributed by atoms with Crippen molar-refractivity contribution in [2.45, 2.75) is 0 Å². The Hall–Kier alpha value is -1.08. The Bertz CT molecular complexity index is 1480. The van der Waals surface area contributed by atoms with Crippen molar-refractivity contribution in [1.29, 1.82) is 0 Å². The van der Waals surface area contributed by atoms with Crippen LogP contribution in [0.25, 0.3) is 46.6 Å². The Morgan fingerprint density at radius 2 is 0.594 bits per heavy atom. The lowest BCUT2D eigenvalue weighted by Gasteiger charge is -1.87. The Balaban J connectivity index is 1.95. The fraction of sp³-hybridized carbons (Fsp3) is 0. The predicted molar refractivity (Wildman–Crippen MR) is 153 cm³/mol. The Morgan fingerprint density at radius 1 is 0.375 bits per heavy atom. The van der Waals surface area contributed by atoms with Gasteiger partial charge < -0.3 is 0 Å². The predicted octanol–water partition coefficient (Wildman–Crippen LogP) is 9.88. The highest BCUT2D eigenvalue weighted by molar-refractivity contribution is 7.26. The lowest BCUT2D eigenvalue weighted by molar-refractivity contribution is 1.93. The molecule has 5 aromatic rings. The maximum absolute atomic E-state index is 6.31. The van der Waals surface area contributed by atoms with Crippen molar-refractivity contribution in [3.63, 3.8) is 0 Å². The molecule has 160 valence electrons. The van der Waals surface area contributed by atoms with Crippen LogP contribution >= 0.6 is 91.8 Å². The van der Waals surface area contributed by atoms with E-state index < -0.39 is 0 Å². The Labute approximate surface area is 219 Å². The van der Waals surface area contributed by atoms with Crippen molar-refractivity contribution in [3.8, 4) is 0 Å². The van der Waals surface area contributed by atoms with E-state index in [1.165, 1.54) is 0 Å². The first-order chi connectivity index (χ1) is 15.5. The van der Waals surface area contributed by atoms with Crippen molar-refractivity contribution >= 4 is 138 Å². The summed E-state index contributed by atoms with van der Waals surface area (Å²) < 4.78 is 9.18. The molecule has 0 amide bonds. The van der Waals surface area contributed by atoms with Crippen LogP contribution in [0, 0.1) is 0 Å². The van der Waals surface area contributed by atoms with E-state index in [0.717, 1.165) is 48.0 Å². The number of rotatable bonds is 0. The van der Waals surface area contributed by atoms with Crippen LogP contribution < -0.4 is 10.4 Å². The van der Waals surface area contributed by atoms with E-state index >= 15 is 0 Å². The maximum Gasteiger partial charge on any atom is 0.116 e. The van der Waals surface area contributed by atoms with Crippen molar-refractivity contribution in [2.24, 2.45) is 0 Å². The van der Waals surface area contributed by atoms with Gasteiger partial charge in [-0.1, -0.05) is 46.4 Å². The SMILES string of the molecule is ClC(Cl)=c1c2ccc(ccc3ccc(s3)c(=C(Cl)Cl)c3ccc(ccc4ccc1s4)s3)s2. The van der Waals surface area contributed by atoms with Gasteiger partial charge in [-0.2, -0.15) is 0 Å². The molecule has 0 spiro atoms. The van der Waals surface area contributed by atoms with E-state index in [2.05, 4.69) is 72.8 Å². The summed E-state index contributed by atoms with van der Waals surface area (Å²) in [5, 5.41) is 1.74. The van der Waals surface area contributed by atoms with Crippen LogP contribution in [-0.4, -0.2) is 0 Å². The molecule has 8 bridgehead atoms. The fourth-order valence-electron chi connectivity index (χ4n) is 3.25. The van der Waals surface area contributed by atoms with Crippen molar-refractivity contribution in [1.82, 2.24) is 0 Å². The van der Waals surface area contributed by atoms with Gasteiger partial charge in [0, 0.05) is 48.0 Å². The molecule has 0 aliphatic heterocycles. The van der Waals surface area contributed by atoms with Crippen LogP contribution in [0.5, 0.6) is 0 Å². The summed E-state index contributed by atoms with van der Waals surface area (Å²) in [6.07, 6.45) is 0. The van der Waals surface area contributed by atoms with Crippen LogP contribution in [0.3, 0.4) is 0 Å². The third-order valence-corrected chi connectivity index (χ3v) is 9.72. The second-order valence-electron chi connectivity index (χ2n) is 6.75. The smallest absolute Gasteiger partial charge is 0.116 e. The minimum atomic E-state index is 0.275. The molecule has 0 unspecified atom stereocenters. The maximum atomic E-state index is 6.31. The average molecular weight is 570 g/mol. The first-order valence-corrected chi connectivity index (χ1v) is 14.1. The molecular formula is C24H12Cl4S4. The number of halogens is 4. The van der Waals surface area contributed by atoms with Crippen molar-refractivity contribution in [2.75, 3.05) is 0 Å². The Morgan fingerprint density at radius 3 is 0.812 bits per heavy atom. The highest BCUT2D eigenvalue weighted by Gasteiger charge is 2.02. The van der Waals surface area contributed by atoms with Gasteiger partial charge in [0.05, 0.1) is 0 Å². The van der Waals surface area contributed by atoms with Gasteiger partial charge in [0.25, 0.3) is 0 Å². The average Bonchev–Trinajstić information content (AvgIpc) is 3.53. The van der Waals surface area contributed by atoms with Crippen LogP contribution in [0.4, 0.5) is 0 Å². The van der Waals surface area contributed by atoms with Crippen molar-refractivity contribution in [3.05, 3.63) is 83.2 Å². The summed E-state index contributed by atoms with van der Waals surface area (Å²) in [5.41, 5.74) is 0. The first-order valence-electron chi connectivity index (χ1n) is 9.35. The van der Waals surface area contributed by atoms with E-state index in [-0.39, 0.29) is 8.98 Å². The quantitative estimate of drug-likeness (QED) is 0.174. The van der Waals surface area contributed by atoms with Crippen LogP contribution in [0.15, 0.2) is 72.8 Å². The molecule has 0 saturated carbocycles. The summed E-state index contributed by atoms with van der Waals surface area (Å²) in [6.45, 7) is 0. The zero-order valence-corrected chi connectivity index (χ0v) is 22.4. The van der Waals surface area contributed by atoms with Gasteiger partial charge in [-0.25, -0.2) is 0 Å². The summed E-state index contributed by atoms with van der Waals surface area (Å²) >= 11 is 31.9. The third-order valence-electron chi connectivity index (χ3n) is 4.69. The Kier molecular flexibility index (Phi) is 6.85. The molecule has 0 aromatic carbocycles. The van der Waals surface area contributed by atoms with E-state index in [1.807, 2.05) is 0 Å². The molecular weight excluding hydrogens is 558 g/mol. The molecule has 5 aromatic heterocycles. The van der Waals surface area contributed by atoms with Crippen LogP contribution in [0.1, 0.15) is 0 Å². The summed E-state index contributed by atoms with van der Waals surface area (Å²) in [7, 11) is 0. The third kappa shape index (κ3) is 4.75. The zero-order chi connectivity index (χ0) is 22.2. The van der Waals surface area contributed by atoms with E-state index in [0.29, 0.717) is 0 Å². The first kappa shape index (κ1) is 22.7. The second kappa shape index (κ2) is 9.65. The molecule has 8 heteroatoms. The number of thiophene rings is 4. The molecule has 32 heavy (non-hydrogen) atoms. The zero-order valence-electron chi connectivity index (χ0n) is 16.1. The molecule has 0 atom stereocenters. The molecule has 0 saturated heterocycles. The monoisotopic (exact) mass is 568 g/mol. The highest BCUT2D eigenvalue weighted by atomic mass is 35.5. The van der Waals surface area contributed by atoms with Gasteiger partial charge >= 0.3 is 0 Å². The van der Waals surface area contributed by atoms with E-state index in [4.69, 9.17) is 46.4 Å². The molecule has 0 nitrogen and oxygen atoms in total. The number of hydrogen-bond acceptors (Lipinski definition) is 4. The van der Waals surface area contributed by atoms with Crippen LogP contribution in [0.2, 0.25) is 0 Å². The summed E-state index contributed by atoms with van der Waals surface area (Å²) in [4.78, 5) is 0. The molecule has 0 N–H and O–H groups in total. The lowest BCUT2D eigenvalue weighted by atomic mass is 10.3. The lowest BCUT2D eigenvalue weighted by Crippen LogP contribution is -1.97. The normalized spacial score (nSPS) is 11.1. The van der Waals surface area contributed by atoms with Crippen LogP contribution in [-0.2, 0) is 0 Å². The number of hydrogen-bond donors (Lipinski definition) is 0. The van der Waals surface area contributed by atoms with Gasteiger partial charge in [-0.05, 0) is 72.8 Å². The number of fused-ring (bicyclic) bond motifs is 8. The van der Waals surface area contributed by atoms with Crippen molar-refractivity contribution < 1.29 is 0 Å². The standard InChI is InChI=1S/C24H12Cl4S4/c25-23(26)21-17-9-5-13(29-17)1-2-14-6-10-18(30-14)22(24(27)28)20-12-8-16(32-20)4-3-15-7-11-19(21)31-15/h1-12H. The van der Waals surface area contributed by atoms with Gasteiger partial charge in [-0.15, -0.1) is 45.3 Å². The molecule has 5 rings (SSSR count). The second-order valence-corrected chi connectivity index (χ2v) is 13.1. The molecule has 5 heterocycles. The van der Waals surface area contributed by atoms with Gasteiger partial charge in [0.15, 0.2) is 0 Å². The summed E-state index contributed by atoms with van der Waals surface area (Å²) in [5.74, 6) is 0. The van der Waals surface area contributed by atoms with E-state index in [1.54, 1.807) is 45.3 Å². The minimum absolute atomic E-state index is 0.275. The van der Waals surface area contributed by atoms with Gasteiger partial charge in [0.1, 0.15) is 8.98 Å².